The van der Waals surface area contributed by atoms with Gasteiger partial charge >= 0.3 is 0 Å². The molecule has 0 atom stereocenters. The van der Waals surface area contributed by atoms with E-state index in [0.29, 0.717) is 18.7 Å². The molecule has 0 fully saturated rings. The lowest BCUT2D eigenvalue weighted by molar-refractivity contribution is 0.572. The molecular formula is C18H24N2O4S2. The highest BCUT2D eigenvalue weighted by Crippen LogP contribution is 2.23. The van der Waals surface area contributed by atoms with Gasteiger partial charge in [-0.3, -0.25) is 4.72 Å². The van der Waals surface area contributed by atoms with Gasteiger partial charge in [-0.1, -0.05) is 36.4 Å². The molecule has 6 nitrogen and oxygen atoms in total. The van der Waals surface area contributed by atoms with Crippen molar-refractivity contribution >= 4 is 25.7 Å². The lowest BCUT2D eigenvalue weighted by Gasteiger charge is -2.10. The van der Waals surface area contributed by atoms with Gasteiger partial charge in [-0.05, 0) is 49.1 Å². The second kappa shape index (κ2) is 8.20. The number of rotatable bonds is 8. The number of hydrogen-bond acceptors (Lipinski definition) is 4. The second-order valence-electron chi connectivity index (χ2n) is 6.39. The maximum Gasteiger partial charge on any atom is 0.229 e. The van der Waals surface area contributed by atoms with Crippen LogP contribution in [0.4, 0.5) is 5.69 Å². The van der Waals surface area contributed by atoms with E-state index in [2.05, 4.69) is 9.44 Å². The molecule has 0 saturated heterocycles. The number of anilines is 1. The van der Waals surface area contributed by atoms with Gasteiger partial charge in [-0.15, -0.1) is 0 Å². The van der Waals surface area contributed by atoms with Gasteiger partial charge in [-0.25, -0.2) is 21.6 Å². The Bertz CT molecular complexity index is 951. The van der Waals surface area contributed by atoms with Crippen molar-refractivity contribution < 1.29 is 16.8 Å². The van der Waals surface area contributed by atoms with E-state index in [1.54, 1.807) is 32.0 Å². The highest BCUT2D eigenvalue weighted by atomic mass is 32.2. The highest BCUT2D eigenvalue weighted by molar-refractivity contribution is 7.92. The number of benzene rings is 2. The van der Waals surface area contributed by atoms with Gasteiger partial charge in [-0.2, -0.15) is 0 Å². The predicted molar refractivity (Wildman–Crippen MR) is 106 cm³/mol. The minimum atomic E-state index is -3.32. The molecular weight excluding hydrogens is 372 g/mol. The van der Waals surface area contributed by atoms with E-state index in [0.717, 1.165) is 22.9 Å². The van der Waals surface area contributed by atoms with Crippen LogP contribution in [0.25, 0.3) is 11.1 Å². The summed E-state index contributed by atoms with van der Waals surface area (Å²) in [5, 5.41) is -0.447. The third-order valence-corrected chi connectivity index (χ3v) is 6.24. The van der Waals surface area contributed by atoms with Gasteiger partial charge in [0.25, 0.3) is 0 Å². The molecule has 0 aliphatic rings. The molecule has 142 valence electrons. The molecule has 0 aromatic heterocycles. The van der Waals surface area contributed by atoms with Crippen LogP contribution in [0, 0.1) is 0 Å². The van der Waals surface area contributed by atoms with Crippen molar-refractivity contribution in [3.63, 3.8) is 0 Å². The van der Waals surface area contributed by atoms with Crippen LogP contribution in [-0.4, -0.2) is 34.9 Å². The smallest absolute Gasteiger partial charge is 0.229 e. The molecule has 0 radical (unpaired) electrons. The first-order valence-electron chi connectivity index (χ1n) is 8.22. The van der Waals surface area contributed by atoms with E-state index in [9.17, 15) is 16.8 Å². The fourth-order valence-corrected chi connectivity index (χ4v) is 3.62. The molecule has 0 unspecified atom stereocenters. The molecule has 8 heteroatoms. The van der Waals surface area contributed by atoms with Crippen molar-refractivity contribution in [2.75, 3.05) is 17.5 Å². The summed E-state index contributed by atoms with van der Waals surface area (Å²) in [5.74, 6) is 0. The van der Waals surface area contributed by atoms with Gasteiger partial charge in [0.1, 0.15) is 0 Å². The molecule has 0 aliphatic heterocycles. The van der Waals surface area contributed by atoms with Gasteiger partial charge in [0, 0.05) is 12.2 Å². The van der Waals surface area contributed by atoms with Crippen LogP contribution in [-0.2, 0) is 26.5 Å². The molecule has 2 rings (SSSR count). The third-order valence-electron chi connectivity index (χ3n) is 3.79. The van der Waals surface area contributed by atoms with Crippen LogP contribution in [0.5, 0.6) is 0 Å². The standard InChI is InChI=1S/C18H24N2O4S2/c1-14(2)26(23,24)19-12-11-15-7-9-16(10-8-15)17-5-4-6-18(13-17)20-25(3,21)22/h4-10,13-14,19-20H,11-12H2,1-3H3. The van der Waals surface area contributed by atoms with Gasteiger partial charge in [0.15, 0.2) is 0 Å². The van der Waals surface area contributed by atoms with Crippen molar-refractivity contribution in [2.45, 2.75) is 25.5 Å². The lowest BCUT2D eigenvalue weighted by atomic mass is 10.0. The zero-order valence-corrected chi connectivity index (χ0v) is 16.7. The lowest BCUT2D eigenvalue weighted by Crippen LogP contribution is -2.32. The average molecular weight is 397 g/mol. The molecule has 2 aromatic rings. The molecule has 0 spiro atoms. The Morgan fingerprint density at radius 1 is 0.923 bits per heavy atom. The van der Waals surface area contributed by atoms with Crippen LogP contribution in [0.1, 0.15) is 19.4 Å². The normalized spacial score (nSPS) is 12.3. The predicted octanol–water partition coefficient (Wildman–Crippen LogP) is 2.60. The summed E-state index contributed by atoms with van der Waals surface area (Å²) in [4.78, 5) is 0. The Balaban J connectivity index is 2.04. The molecule has 0 bridgehead atoms. The summed E-state index contributed by atoms with van der Waals surface area (Å²) in [6, 6.07) is 14.9. The van der Waals surface area contributed by atoms with E-state index >= 15 is 0 Å². The second-order valence-corrected chi connectivity index (χ2v) is 10.5. The molecule has 2 N–H and O–H groups in total. The van der Waals surface area contributed by atoms with E-state index < -0.39 is 25.3 Å². The quantitative estimate of drug-likeness (QED) is 0.717. The highest BCUT2D eigenvalue weighted by Gasteiger charge is 2.14. The maximum absolute atomic E-state index is 11.7. The van der Waals surface area contributed by atoms with Crippen LogP contribution in [0.15, 0.2) is 48.5 Å². The number of nitrogens with one attached hydrogen (secondary N) is 2. The van der Waals surface area contributed by atoms with Crippen LogP contribution in [0.2, 0.25) is 0 Å². The Kier molecular flexibility index (Phi) is 6.44. The fraction of sp³-hybridized carbons (Fsp3) is 0.333. The maximum atomic E-state index is 11.7. The molecule has 0 heterocycles. The van der Waals surface area contributed by atoms with Gasteiger partial charge in [0.2, 0.25) is 20.0 Å². The first-order chi connectivity index (χ1) is 12.1. The summed E-state index contributed by atoms with van der Waals surface area (Å²) in [5.41, 5.74) is 3.38. The van der Waals surface area contributed by atoms with E-state index in [1.165, 1.54) is 0 Å². The topological polar surface area (TPSA) is 92.3 Å². The summed E-state index contributed by atoms with van der Waals surface area (Å²) < 4.78 is 51.2. The molecule has 26 heavy (non-hydrogen) atoms. The van der Waals surface area contributed by atoms with Crippen LogP contribution < -0.4 is 9.44 Å². The third kappa shape index (κ3) is 6.12. The van der Waals surface area contributed by atoms with Crippen molar-refractivity contribution in [2.24, 2.45) is 0 Å². The Hall–Kier alpha value is -1.90. The summed E-state index contributed by atoms with van der Waals surface area (Å²) in [7, 11) is -6.56. The van der Waals surface area contributed by atoms with Crippen LogP contribution >= 0.6 is 0 Å². The van der Waals surface area contributed by atoms with Crippen molar-refractivity contribution in [3.05, 3.63) is 54.1 Å². The largest absolute Gasteiger partial charge is 0.284 e. The summed E-state index contributed by atoms with van der Waals surface area (Å²) in [6.45, 7) is 3.64. The first kappa shape index (κ1) is 20.4. The minimum absolute atomic E-state index is 0.355. The first-order valence-corrected chi connectivity index (χ1v) is 11.7. The van der Waals surface area contributed by atoms with Gasteiger partial charge in [0.05, 0.1) is 11.5 Å². The van der Waals surface area contributed by atoms with E-state index in [-0.39, 0.29) is 0 Å². The van der Waals surface area contributed by atoms with E-state index in [4.69, 9.17) is 0 Å². The number of sulfonamides is 2. The minimum Gasteiger partial charge on any atom is -0.284 e. The zero-order chi connectivity index (χ0) is 19.4. The molecule has 0 saturated carbocycles. The van der Waals surface area contributed by atoms with Crippen molar-refractivity contribution in [3.8, 4) is 11.1 Å². The molecule has 0 amide bonds. The SMILES string of the molecule is CC(C)S(=O)(=O)NCCc1ccc(-c2cccc(NS(C)(=O)=O)c2)cc1. The molecule has 2 aromatic carbocycles. The van der Waals surface area contributed by atoms with Crippen molar-refractivity contribution in [1.82, 2.24) is 4.72 Å². The Labute approximate surface area is 155 Å². The Morgan fingerprint density at radius 3 is 2.15 bits per heavy atom. The van der Waals surface area contributed by atoms with E-state index in [1.807, 2.05) is 30.3 Å². The number of hydrogen-bond donors (Lipinski definition) is 2. The average Bonchev–Trinajstić information content (AvgIpc) is 2.54. The van der Waals surface area contributed by atoms with Gasteiger partial charge < -0.3 is 0 Å². The summed E-state index contributed by atoms with van der Waals surface area (Å²) in [6.07, 6.45) is 1.71. The zero-order valence-electron chi connectivity index (χ0n) is 15.1. The monoisotopic (exact) mass is 396 g/mol. The Morgan fingerprint density at radius 2 is 1.58 bits per heavy atom. The fourth-order valence-electron chi connectivity index (χ4n) is 2.34. The summed E-state index contributed by atoms with van der Waals surface area (Å²) >= 11 is 0. The van der Waals surface area contributed by atoms with Crippen LogP contribution in [0.3, 0.4) is 0 Å². The van der Waals surface area contributed by atoms with Crippen molar-refractivity contribution in [1.29, 1.82) is 0 Å². The molecule has 0 aliphatic carbocycles.